The first-order valence-electron chi connectivity index (χ1n) is 9.89. The predicted octanol–water partition coefficient (Wildman–Crippen LogP) is 2.98. The van der Waals surface area contributed by atoms with Crippen LogP contribution in [0.2, 0.25) is 0 Å². The molecule has 158 valence electrons. The minimum absolute atomic E-state index is 0. The lowest BCUT2D eigenvalue weighted by Gasteiger charge is -2.15. The molecule has 30 heavy (non-hydrogen) atoms. The van der Waals surface area contributed by atoms with Gasteiger partial charge in [-0.3, -0.25) is 4.79 Å². The molecule has 3 aromatic rings. The quantitative estimate of drug-likeness (QED) is 0.527. The summed E-state index contributed by atoms with van der Waals surface area (Å²) >= 11 is 0. The summed E-state index contributed by atoms with van der Waals surface area (Å²) in [6.45, 7) is 3.33. The van der Waals surface area contributed by atoms with Gasteiger partial charge in [0.05, 0.1) is 5.69 Å². The Morgan fingerprint density at radius 3 is 2.77 bits per heavy atom. The third kappa shape index (κ3) is 5.55. The molecule has 0 radical (unpaired) electrons. The van der Waals surface area contributed by atoms with E-state index in [0.29, 0.717) is 18.2 Å². The number of hydrogen-bond donors (Lipinski definition) is 1. The topological polar surface area (TPSA) is 85.2 Å². The van der Waals surface area contributed by atoms with Gasteiger partial charge in [-0.1, -0.05) is 35.4 Å². The number of aromatic nitrogens is 4. The number of nitrogens with one attached hydrogen (secondary N) is 1. The summed E-state index contributed by atoms with van der Waals surface area (Å²) in [4.78, 5) is 13.6. The number of tetrazole rings is 1. The van der Waals surface area contributed by atoms with Gasteiger partial charge in [0, 0.05) is 26.1 Å². The van der Waals surface area contributed by atoms with Crippen LogP contribution < -0.4 is 10.1 Å². The number of hydrogen-bond acceptors (Lipinski definition) is 6. The molecule has 1 saturated heterocycles. The normalized spacial score (nSPS) is 13.3. The minimum atomic E-state index is 0. The van der Waals surface area contributed by atoms with E-state index in [1.807, 2.05) is 59.5 Å². The molecule has 1 N–H and O–H groups in total. The zero-order chi connectivity index (χ0) is 19.9. The smallest absolute Gasteiger partial charge is 0.345 e. The van der Waals surface area contributed by atoms with E-state index in [0.717, 1.165) is 50.3 Å². The summed E-state index contributed by atoms with van der Waals surface area (Å²) in [6.07, 6.45) is 2.65. The lowest BCUT2D eigenvalue weighted by atomic mass is 10.2. The van der Waals surface area contributed by atoms with Crippen LogP contribution >= 0.6 is 12.4 Å². The predicted molar refractivity (Wildman–Crippen MR) is 115 cm³/mol. The molecule has 1 aliphatic heterocycles. The van der Waals surface area contributed by atoms with Crippen LogP contribution in [0.4, 0.5) is 0 Å². The summed E-state index contributed by atoms with van der Waals surface area (Å²) in [5, 5.41) is 15.1. The molecule has 2 heterocycles. The average Bonchev–Trinajstić information content (AvgIpc) is 3.38. The summed E-state index contributed by atoms with van der Waals surface area (Å²) in [6, 6.07) is 17.8. The zero-order valence-electron chi connectivity index (χ0n) is 16.6. The van der Waals surface area contributed by atoms with Gasteiger partial charge in [-0.25, -0.2) is 0 Å². The SMILES string of the molecule is Cl.O=C1CCCN1CCCNCc1cccc(Oc2nnnn2-c2ccccc2)c1. The first-order valence-corrected chi connectivity index (χ1v) is 9.89. The van der Waals surface area contributed by atoms with E-state index < -0.39 is 0 Å². The molecular weight excluding hydrogens is 404 g/mol. The van der Waals surface area contributed by atoms with Gasteiger partial charge < -0.3 is 15.0 Å². The number of carbonyl (C=O) groups is 1. The summed E-state index contributed by atoms with van der Waals surface area (Å²) in [5.41, 5.74) is 1.94. The van der Waals surface area contributed by atoms with Crippen LogP contribution in [0.15, 0.2) is 54.6 Å². The molecular formula is C21H25ClN6O2. The number of rotatable bonds is 9. The largest absolute Gasteiger partial charge is 0.423 e. The summed E-state index contributed by atoms with van der Waals surface area (Å²) in [7, 11) is 0. The average molecular weight is 429 g/mol. The van der Waals surface area contributed by atoms with Gasteiger partial charge in [0.15, 0.2) is 0 Å². The van der Waals surface area contributed by atoms with Gasteiger partial charge in [-0.05, 0) is 59.6 Å². The van der Waals surface area contributed by atoms with E-state index in [1.54, 1.807) is 4.68 Å². The van der Waals surface area contributed by atoms with E-state index in [9.17, 15) is 4.79 Å². The minimum Gasteiger partial charge on any atom is -0.423 e. The molecule has 0 bridgehead atoms. The highest BCUT2D eigenvalue weighted by molar-refractivity contribution is 5.85. The Morgan fingerprint density at radius 1 is 1.10 bits per heavy atom. The molecule has 0 saturated carbocycles. The maximum absolute atomic E-state index is 11.6. The highest BCUT2D eigenvalue weighted by Gasteiger charge is 2.18. The molecule has 2 aromatic carbocycles. The van der Waals surface area contributed by atoms with E-state index >= 15 is 0 Å². The lowest BCUT2D eigenvalue weighted by Crippen LogP contribution is -2.28. The second kappa shape index (κ2) is 10.7. The van der Waals surface area contributed by atoms with Gasteiger partial charge in [0.25, 0.3) is 0 Å². The Hall–Kier alpha value is -2.97. The first-order chi connectivity index (χ1) is 14.3. The second-order valence-electron chi connectivity index (χ2n) is 6.97. The monoisotopic (exact) mass is 428 g/mol. The Morgan fingerprint density at radius 2 is 1.97 bits per heavy atom. The van der Waals surface area contributed by atoms with Gasteiger partial charge in [0.1, 0.15) is 5.75 Å². The van der Waals surface area contributed by atoms with Crippen molar-refractivity contribution >= 4 is 18.3 Å². The van der Waals surface area contributed by atoms with Gasteiger partial charge in [-0.15, -0.1) is 12.4 Å². The molecule has 1 fully saturated rings. The Kier molecular flexibility index (Phi) is 7.75. The molecule has 1 aromatic heterocycles. The Labute approximate surface area is 181 Å². The number of amides is 1. The van der Waals surface area contributed by atoms with Crippen molar-refractivity contribution in [2.75, 3.05) is 19.6 Å². The van der Waals surface area contributed by atoms with Crippen LogP contribution in [0.3, 0.4) is 0 Å². The number of para-hydroxylation sites is 1. The number of nitrogens with zero attached hydrogens (tertiary/aromatic N) is 5. The van der Waals surface area contributed by atoms with Crippen molar-refractivity contribution in [1.29, 1.82) is 0 Å². The first kappa shape index (κ1) is 21.7. The van der Waals surface area contributed by atoms with Crippen LogP contribution in [0.5, 0.6) is 11.8 Å². The third-order valence-electron chi connectivity index (χ3n) is 4.83. The van der Waals surface area contributed by atoms with Crippen molar-refractivity contribution in [3.63, 3.8) is 0 Å². The van der Waals surface area contributed by atoms with Crippen LogP contribution in [-0.2, 0) is 11.3 Å². The number of carbonyl (C=O) groups excluding carboxylic acids is 1. The fourth-order valence-electron chi connectivity index (χ4n) is 3.37. The van der Waals surface area contributed by atoms with Gasteiger partial charge in [-0.2, -0.15) is 4.68 Å². The molecule has 0 atom stereocenters. The van der Waals surface area contributed by atoms with Crippen LogP contribution in [0.1, 0.15) is 24.8 Å². The van der Waals surface area contributed by atoms with Crippen molar-refractivity contribution in [2.45, 2.75) is 25.8 Å². The summed E-state index contributed by atoms with van der Waals surface area (Å²) in [5.74, 6) is 0.964. The molecule has 0 aliphatic carbocycles. The lowest BCUT2D eigenvalue weighted by molar-refractivity contribution is -0.127. The fraction of sp³-hybridized carbons (Fsp3) is 0.333. The number of benzene rings is 2. The molecule has 9 heteroatoms. The van der Waals surface area contributed by atoms with E-state index in [2.05, 4.69) is 20.8 Å². The number of likely N-dealkylation sites (tertiary alicyclic amines) is 1. The highest BCUT2D eigenvalue weighted by Crippen LogP contribution is 2.22. The second-order valence-corrected chi connectivity index (χ2v) is 6.97. The number of halogens is 1. The van der Waals surface area contributed by atoms with E-state index in [-0.39, 0.29) is 18.3 Å². The Balaban J connectivity index is 0.00000256. The molecule has 0 unspecified atom stereocenters. The van der Waals surface area contributed by atoms with Crippen LogP contribution in [-0.4, -0.2) is 50.6 Å². The Bertz CT molecular complexity index is 949. The van der Waals surface area contributed by atoms with Crippen molar-refractivity contribution in [2.24, 2.45) is 0 Å². The van der Waals surface area contributed by atoms with Crippen LogP contribution in [0.25, 0.3) is 5.69 Å². The standard InChI is InChI=1S/C21H24N6O2.ClH/c28-20-11-5-13-26(20)14-6-12-22-16-17-7-4-10-19(15-17)29-21-23-24-25-27(21)18-8-2-1-3-9-18;/h1-4,7-10,15,22H,5-6,11-14,16H2;1H. The molecule has 8 nitrogen and oxygen atoms in total. The number of ether oxygens (including phenoxy) is 1. The van der Waals surface area contributed by atoms with Crippen molar-refractivity contribution in [3.05, 3.63) is 60.2 Å². The maximum Gasteiger partial charge on any atom is 0.345 e. The third-order valence-corrected chi connectivity index (χ3v) is 4.83. The fourth-order valence-corrected chi connectivity index (χ4v) is 3.37. The van der Waals surface area contributed by atoms with E-state index in [1.165, 1.54) is 0 Å². The van der Waals surface area contributed by atoms with Crippen molar-refractivity contribution in [1.82, 2.24) is 30.4 Å². The maximum atomic E-state index is 11.6. The summed E-state index contributed by atoms with van der Waals surface area (Å²) < 4.78 is 7.47. The molecule has 1 amide bonds. The van der Waals surface area contributed by atoms with Gasteiger partial charge >= 0.3 is 6.01 Å². The van der Waals surface area contributed by atoms with Gasteiger partial charge in [0.2, 0.25) is 5.91 Å². The molecule has 0 spiro atoms. The van der Waals surface area contributed by atoms with Crippen molar-refractivity contribution < 1.29 is 9.53 Å². The highest BCUT2D eigenvalue weighted by atomic mass is 35.5. The molecule has 1 aliphatic rings. The molecule has 4 rings (SSSR count). The van der Waals surface area contributed by atoms with Crippen molar-refractivity contribution in [3.8, 4) is 17.4 Å². The van der Waals surface area contributed by atoms with Crippen LogP contribution in [0, 0.1) is 0 Å². The van der Waals surface area contributed by atoms with E-state index in [4.69, 9.17) is 4.74 Å². The zero-order valence-corrected chi connectivity index (χ0v) is 17.4.